The number of fused-ring (bicyclic) bond motifs is 1. The molecule has 0 saturated carbocycles. The Morgan fingerprint density at radius 2 is 2.16 bits per heavy atom. The number of nitrogens with zero attached hydrogens (tertiary/aromatic N) is 2. The van der Waals surface area contributed by atoms with Gasteiger partial charge in [-0.15, -0.1) is 11.3 Å². The van der Waals surface area contributed by atoms with Crippen LogP contribution < -0.4 is 11.1 Å². The van der Waals surface area contributed by atoms with E-state index < -0.39 is 0 Å². The number of hydrogen-bond donors (Lipinski definition) is 2. The van der Waals surface area contributed by atoms with Gasteiger partial charge in [0.05, 0.1) is 16.3 Å². The van der Waals surface area contributed by atoms with Gasteiger partial charge in [0.2, 0.25) is 0 Å². The molecular formula is C14H14N4S. The van der Waals surface area contributed by atoms with Gasteiger partial charge in [0, 0.05) is 5.69 Å². The van der Waals surface area contributed by atoms with Gasteiger partial charge in [-0.3, -0.25) is 0 Å². The topological polar surface area (TPSA) is 63.8 Å². The van der Waals surface area contributed by atoms with Crippen LogP contribution in [0.15, 0.2) is 42.0 Å². The fourth-order valence-electron chi connectivity index (χ4n) is 2.01. The summed E-state index contributed by atoms with van der Waals surface area (Å²) < 4.78 is 1.08. The molecule has 19 heavy (non-hydrogen) atoms. The lowest BCUT2D eigenvalue weighted by Gasteiger charge is -2.15. The molecule has 5 heteroatoms. The minimum Gasteiger partial charge on any atom is -0.399 e. The predicted octanol–water partition coefficient (Wildman–Crippen LogP) is 3.45. The minimum atomic E-state index is 0.142. The van der Waals surface area contributed by atoms with Crippen LogP contribution in [0.2, 0.25) is 0 Å². The Hall–Kier alpha value is -2.14. The zero-order valence-corrected chi connectivity index (χ0v) is 11.3. The first-order valence-electron chi connectivity index (χ1n) is 6.04. The maximum Gasteiger partial charge on any atom is 0.147 e. The fraction of sp³-hybridized carbons (Fsp3) is 0.143. The molecule has 3 aromatic rings. The summed E-state index contributed by atoms with van der Waals surface area (Å²) in [5, 5.41) is 5.44. The molecule has 0 spiro atoms. The van der Waals surface area contributed by atoms with Gasteiger partial charge < -0.3 is 11.1 Å². The number of anilines is 2. The highest BCUT2D eigenvalue weighted by molar-refractivity contribution is 7.17. The zero-order chi connectivity index (χ0) is 13.2. The van der Waals surface area contributed by atoms with Gasteiger partial charge in [0.25, 0.3) is 0 Å². The summed E-state index contributed by atoms with van der Waals surface area (Å²) in [7, 11) is 0. The summed E-state index contributed by atoms with van der Waals surface area (Å²) in [6.45, 7) is 2.09. The van der Waals surface area contributed by atoms with Crippen molar-refractivity contribution in [2.45, 2.75) is 13.0 Å². The Morgan fingerprint density at radius 3 is 3.00 bits per heavy atom. The number of benzene rings is 1. The third-order valence-corrected chi connectivity index (χ3v) is 3.92. The number of nitrogen functional groups attached to an aromatic ring is 1. The van der Waals surface area contributed by atoms with Crippen LogP contribution in [0.4, 0.5) is 11.5 Å². The highest BCUT2D eigenvalue weighted by Gasteiger charge is 2.10. The SMILES string of the molecule is CC(Nc1ncnc2ccsc12)c1cccc(N)c1. The van der Waals surface area contributed by atoms with E-state index in [1.165, 1.54) is 0 Å². The van der Waals surface area contributed by atoms with Crippen molar-refractivity contribution in [2.24, 2.45) is 0 Å². The van der Waals surface area contributed by atoms with Crippen LogP contribution in [-0.2, 0) is 0 Å². The van der Waals surface area contributed by atoms with Gasteiger partial charge in [0.1, 0.15) is 12.1 Å². The smallest absolute Gasteiger partial charge is 0.147 e. The number of nitrogens with two attached hydrogens (primary N) is 1. The van der Waals surface area contributed by atoms with Crippen LogP contribution in [0.1, 0.15) is 18.5 Å². The van der Waals surface area contributed by atoms with Gasteiger partial charge in [-0.25, -0.2) is 9.97 Å². The van der Waals surface area contributed by atoms with E-state index >= 15 is 0 Å². The van der Waals surface area contributed by atoms with E-state index in [2.05, 4.69) is 28.3 Å². The average Bonchev–Trinajstić information content (AvgIpc) is 2.88. The van der Waals surface area contributed by atoms with Crippen molar-refractivity contribution < 1.29 is 0 Å². The Bertz CT molecular complexity index is 707. The maximum atomic E-state index is 5.81. The summed E-state index contributed by atoms with van der Waals surface area (Å²) in [4.78, 5) is 8.56. The third-order valence-electron chi connectivity index (χ3n) is 3.01. The molecule has 0 amide bonds. The van der Waals surface area contributed by atoms with E-state index in [1.54, 1.807) is 17.7 Å². The first-order chi connectivity index (χ1) is 9.24. The molecule has 0 radical (unpaired) electrons. The lowest BCUT2D eigenvalue weighted by Crippen LogP contribution is -2.08. The minimum absolute atomic E-state index is 0.142. The molecule has 96 valence electrons. The van der Waals surface area contributed by atoms with Crippen LogP contribution in [-0.4, -0.2) is 9.97 Å². The summed E-state index contributed by atoms with van der Waals surface area (Å²) in [6.07, 6.45) is 1.59. The van der Waals surface area contributed by atoms with Crippen LogP contribution in [0.5, 0.6) is 0 Å². The van der Waals surface area contributed by atoms with Crippen molar-refractivity contribution in [3.8, 4) is 0 Å². The van der Waals surface area contributed by atoms with Crippen molar-refractivity contribution in [1.82, 2.24) is 9.97 Å². The summed E-state index contributed by atoms with van der Waals surface area (Å²) in [5.74, 6) is 0.870. The molecule has 2 heterocycles. The molecule has 1 unspecified atom stereocenters. The molecular weight excluding hydrogens is 256 g/mol. The van der Waals surface area contributed by atoms with E-state index in [0.717, 1.165) is 27.3 Å². The molecule has 0 saturated heterocycles. The summed E-state index contributed by atoms with van der Waals surface area (Å²) >= 11 is 1.64. The number of rotatable bonds is 3. The predicted molar refractivity (Wildman–Crippen MR) is 80.3 cm³/mol. The van der Waals surface area contributed by atoms with Crippen molar-refractivity contribution in [2.75, 3.05) is 11.1 Å². The van der Waals surface area contributed by atoms with Crippen molar-refractivity contribution in [1.29, 1.82) is 0 Å². The van der Waals surface area contributed by atoms with Crippen molar-refractivity contribution >= 4 is 33.1 Å². The first kappa shape index (κ1) is 11.9. The van der Waals surface area contributed by atoms with E-state index in [4.69, 9.17) is 5.73 Å². The Balaban J connectivity index is 1.90. The Kier molecular flexibility index (Phi) is 3.05. The Morgan fingerprint density at radius 1 is 1.26 bits per heavy atom. The number of thiophene rings is 1. The molecule has 1 aromatic carbocycles. The van der Waals surface area contributed by atoms with Gasteiger partial charge in [0.15, 0.2) is 0 Å². The van der Waals surface area contributed by atoms with E-state index in [9.17, 15) is 0 Å². The second-order valence-electron chi connectivity index (χ2n) is 4.39. The fourth-order valence-corrected chi connectivity index (χ4v) is 2.81. The number of hydrogen-bond acceptors (Lipinski definition) is 5. The molecule has 2 aromatic heterocycles. The molecule has 0 bridgehead atoms. The molecule has 0 aliphatic rings. The van der Waals surface area contributed by atoms with Crippen LogP contribution in [0, 0.1) is 0 Å². The molecule has 3 N–H and O–H groups in total. The van der Waals surface area contributed by atoms with Gasteiger partial charge in [-0.1, -0.05) is 12.1 Å². The molecule has 3 rings (SSSR count). The molecule has 0 aliphatic carbocycles. The highest BCUT2D eigenvalue weighted by atomic mass is 32.1. The lowest BCUT2D eigenvalue weighted by atomic mass is 10.1. The summed E-state index contributed by atoms with van der Waals surface area (Å²) in [6, 6.07) is 10.0. The molecule has 4 nitrogen and oxygen atoms in total. The largest absolute Gasteiger partial charge is 0.399 e. The van der Waals surface area contributed by atoms with E-state index in [0.29, 0.717) is 0 Å². The number of aromatic nitrogens is 2. The standard InChI is InChI=1S/C14H14N4S/c1-9(10-3-2-4-11(15)7-10)18-14-13-12(5-6-19-13)16-8-17-14/h2-9H,15H2,1H3,(H,16,17,18). The third kappa shape index (κ3) is 2.37. The van der Waals surface area contributed by atoms with E-state index in [-0.39, 0.29) is 6.04 Å². The quantitative estimate of drug-likeness (QED) is 0.715. The molecule has 1 atom stereocenters. The molecule has 0 fully saturated rings. The summed E-state index contributed by atoms with van der Waals surface area (Å²) in [5.41, 5.74) is 8.70. The average molecular weight is 270 g/mol. The van der Waals surface area contributed by atoms with Crippen molar-refractivity contribution in [3.05, 3.63) is 47.6 Å². The molecule has 0 aliphatic heterocycles. The second-order valence-corrected chi connectivity index (χ2v) is 5.31. The monoisotopic (exact) mass is 270 g/mol. The first-order valence-corrected chi connectivity index (χ1v) is 6.92. The normalized spacial score (nSPS) is 12.5. The second kappa shape index (κ2) is 4.85. The Labute approximate surface area is 115 Å². The van der Waals surface area contributed by atoms with Crippen molar-refractivity contribution in [3.63, 3.8) is 0 Å². The zero-order valence-electron chi connectivity index (χ0n) is 10.5. The van der Waals surface area contributed by atoms with E-state index in [1.807, 2.05) is 29.6 Å². The highest BCUT2D eigenvalue weighted by Crippen LogP contribution is 2.28. The van der Waals surface area contributed by atoms with Crippen LogP contribution >= 0.6 is 11.3 Å². The van der Waals surface area contributed by atoms with Gasteiger partial charge in [-0.05, 0) is 36.1 Å². The van der Waals surface area contributed by atoms with Crippen LogP contribution in [0.3, 0.4) is 0 Å². The van der Waals surface area contributed by atoms with Gasteiger partial charge in [-0.2, -0.15) is 0 Å². The van der Waals surface area contributed by atoms with Gasteiger partial charge >= 0.3 is 0 Å². The number of nitrogens with one attached hydrogen (secondary N) is 1. The van der Waals surface area contributed by atoms with Crippen LogP contribution in [0.25, 0.3) is 10.2 Å². The lowest BCUT2D eigenvalue weighted by molar-refractivity contribution is 0.877. The maximum absolute atomic E-state index is 5.81.